The Bertz CT molecular complexity index is 2740. The summed E-state index contributed by atoms with van der Waals surface area (Å²) in [6.45, 7) is 3.65. The number of imidazole rings is 2. The van der Waals surface area contributed by atoms with Crippen LogP contribution in [0.4, 0.5) is 40.6 Å². The van der Waals surface area contributed by atoms with Crippen LogP contribution in [0, 0.1) is 37.1 Å². The van der Waals surface area contributed by atoms with Crippen LogP contribution in [0.1, 0.15) is 44.8 Å². The van der Waals surface area contributed by atoms with E-state index in [4.69, 9.17) is 23.2 Å². The number of nitrogens with one attached hydrogen (secondary N) is 4. The molecule has 16 heteroatoms. The molecule has 0 aliphatic rings. The molecule has 56 heavy (non-hydrogen) atoms. The van der Waals surface area contributed by atoms with E-state index in [0.29, 0.717) is 49.5 Å². The number of ketones is 1. The number of hydrogen-bond donors (Lipinski definition) is 5. The first kappa shape index (κ1) is 37.9. The Hall–Kier alpha value is -6.35. The largest absolute Gasteiger partial charge is 0.384 e. The average Bonchev–Trinajstić information content (AvgIpc) is 3.72. The van der Waals surface area contributed by atoms with Crippen molar-refractivity contribution in [1.29, 1.82) is 0 Å². The number of halogens is 6. The molecular formula is C40H28Cl2F4N8O2. The molecule has 0 bridgehead atoms. The summed E-state index contributed by atoms with van der Waals surface area (Å²) in [5.74, 6) is -0.951. The molecule has 0 saturated carbocycles. The summed E-state index contributed by atoms with van der Waals surface area (Å²) in [5.41, 5.74) is 4.73. The minimum Gasteiger partial charge on any atom is -0.384 e. The molecular weight excluding hydrogens is 771 g/mol. The fourth-order valence-electron chi connectivity index (χ4n) is 5.75. The van der Waals surface area contributed by atoms with Crippen LogP contribution in [0.25, 0.3) is 22.1 Å². The van der Waals surface area contributed by atoms with Gasteiger partial charge in [0.25, 0.3) is 0 Å². The number of aromatic amines is 2. The zero-order chi connectivity index (χ0) is 39.7. The molecule has 4 heterocycles. The van der Waals surface area contributed by atoms with Gasteiger partial charge in [0.1, 0.15) is 52.7 Å². The Labute approximate surface area is 325 Å². The maximum Gasteiger partial charge on any atom is 0.196 e. The van der Waals surface area contributed by atoms with Crippen LogP contribution in [-0.4, -0.2) is 40.8 Å². The fourth-order valence-corrected chi connectivity index (χ4v) is 6.26. The van der Waals surface area contributed by atoms with Gasteiger partial charge in [0.15, 0.2) is 5.78 Å². The molecule has 282 valence electrons. The maximum atomic E-state index is 13.7. The van der Waals surface area contributed by atoms with Crippen molar-refractivity contribution in [3.8, 4) is 0 Å². The Morgan fingerprint density at radius 2 is 1.23 bits per heavy atom. The molecule has 0 spiro atoms. The van der Waals surface area contributed by atoms with Gasteiger partial charge in [-0.2, -0.15) is 0 Å². The van der Waals surface area contributed by atoms with Gasteiger partial charge in [-0.25, -0.2) is 37.5 Å². The van der Waals surface area contributed by atoms with Crippen molar-refractivity contribution in [2.45, 2.75) is 20.0 Å². The number of rotatable bonds is 8. The lowest BCUT2D eigenvalue weighted by Crippen LogP contribution is -2.04. The third-order valence-electron chi connectivity index (χ3n) is 8.46. The number of benzene rings is 4. The number of aryl methyl sites for hydroxylation is 2. The monoisotopic (exact) mass is 798 g/mol. The molecule has 0 radical (unpaired) electrons. The highest BCUT2D eigenvalue weighted by Gasteiger charge is 2.18. The molecule has 0 aliphatic heterocycles. The topological polar surface area (TPSA) is 144 Å². The molecule has 0 aliphatic carbocycles. The molecule has 4 aromatic carbocycles. The van der Waals surface area contributed by atoms with Crippen molar-refractivity contribution in [2.24, 2.45) is 0 Å². The van der Waals surface area contributed by atoms with Gasteiger partial charge in [-0.15, -0.1) is 0 Å². The lowest BCUT2D eigenvalue weighted by Gasteiger charge is -2.14. The van der Waals surface area contributed by atoms with Gasteiger partial charge in [-0.05, 0) is 80.6 Å². The highest BCUT2D eigenvalue weighted by Crippen LogP contribution is 2.32. The number of fused-ring (bicyclic) bond motifs is 2. The van der Waals surface area contributed by atoms with E-state index in [0.717, 1.165) is 52.5 Å². The minimum absolute atomic E-state index is 0.0791. The van der Waals surface area contributed by atoms with Gasteiger partial charge in [0.2, 0.25) is 0 Å². The Morgan fingerprint density at radius 3 is 1.77 bits per heavy atom. The molecule has 0 fully saturated rings. The normalized spacial score (nSPS) is 11.7. The fraction of sp³-hybridized carbons (Fsp3) is 0.0750. The Morgan fingerprint density at radius 1 is 0.679 bits per heavy atom. The standard InChI is InChI=1S/C20H15ClF2N4O.C20H13ClF2N4O/c2*1-10-25-17-7-13(14(21)8-18(17)26-10)20(28)11-2-5-19(24-9-11)27-16-4-3-12(22)6-15(16)23/h2-9,20,28H,1H3,(H,24,27)(H,25,26);2-9H,1H3,(H,24,27)(H,25,26). The number of aromatic nitrogens is 6. The molecule has 5 N–H and O–H groups in total. The molecule has 0 saturated heterocycles. The summed E-state index contributed by atoms with van der Waals surface area (Å²) in [6, 6.07) is 19.5. The van der Waals surface area contributed by atoms with E-state index >= 15 is 0 Å². The number of pyridine rings is 2. The third kappa shape index (κ3) is 8.32. The van der Waals surface area contributed by atoms with Crippen LogP contribution < -0.4 is 10.6 Å². The zero-order valence-corrected chi connectivity index (χ0v) is 30.7. The van der Waals surface area contributed by atoms with Gasteiger partial charge in [0.05, 0.1) is 38.5 Å². The first-order valence-electron chi connectivity index (χ1n) is 16.7. The van der Waals surface area contributed by atoms with Gasteiger partial charge in [0, 0.05) is 51.8 Å². The second-order valence-electron chi connectivity index (χ2n) is 12.5. The lowest BCUT2D eigenvalue weighted by molar-refractivity contribution is 0.103. The van der Waals surface area contributed by atoms with Gasteiger partial charge < -0.3 is 25.7 Å². The summed E-state index contributed by atoms with van der Waals surface area (Å²) in [6.07, 6.45) is 1.83. The molecule has 1 atom stereocenters. The van der Waals surface area contributed by atoms with E-state index in [1.807, 2.05) is 13.8 Å². The number of anilines is 4. The van der Waals surface area contributed by atoms with Crippen LogP contribution in [0.15, 0.2) is 97.3 Å². The van der Waals surface area contributed by atoms with Crippen molar-refractivity contribution in [3.63, 3.8) is 0 Å². The maximum absolute atomic E-state index is 13.7. The van der Waals surface area contributed by atoms with E-state index in [2.05, 4.69) is 40.5 Å². The van der Waals surface area contributed by atoms with Crippen LogP contribution >= 0.6 is 23.2 Å². The average molecular weight is 800 g/mol. The second kappa shape index (κ2) is 15.8. The number of nitrogens with zero attached hydrogens (tertiary/aromatic N) is 4. The van der Waals surface area contributed by atoms with Gasteiger partial charge >= 0.3 is 0 Å². The van der Waals surface area contributed by atoms with E-state index < -0.39 is 29.4 Å². The first-order chi connectivity index (χ1) is 26.8. The van der Waals surface area contributed by atoms with Crippen LogP contribution in [0.5, 0.6) is 0 Å². The number of aliphatic hydroxyl groups is 1. The van der Waals surface area contributed by atoms with E-state index in [9.17, 15) is 27.5 Å². The van der Waals surface area contributed by atoms with Crippen LogP contribution in [-0.2, 0) is 0 Å². The quantitative estimate of drug-likeness (QED) is 0.0755. The molecule has 0 amide bonds. The van der Waals surface area contributed by atoms with Crippen molar-refractivity contribution in [1.82, 2.24) is 29.9 Å². The summed E-state index contributed by atoms with van der Waals surface area (Å²) in [7, 11) is 0. The van der Waals surface area contributed by atoms with E-state index in [1.165, 1.54) is 30.6 Å². The van der Waals surface area contributed by atoms with Gasteiger partial charge in [-0.3, -0.25) is 4.79 Å². The molecule has 8 aromatic rings. The second-order valence-corrected chi connectivity index (χ2v) is 13.3. The third-order valence-corrected chi connectivity index (χ3v) is 9.10. The predicted molar refractivity (Wildman–Crippen MR) is 207 cm³/mol. The zero-order valence-electron chi connectivity index (χ0n) is 29.2. The molecule has 8 rings (SSSR count). The SMILES string of the molecule is Cc1nc2cc(C(=O)c3ccc(Nc4ccc(F)cc4F)nc3)c(Cl)cc2[nH]1.Cc1nc2cc(Cl)c(C(O)c3ccc(Nc4ccc(F)cc4F)nc3)cc2[nH]1. The number of carbonyl (C=O) groups is 1. The lowest BCUT2D eigenvalue weighted by atomic mass is 10.0. The smallest absolute Gasteiger partial charge is 0.196 e. The van der Waals surface area contributed by atoms with Crippen molar-refractivity contribution in [3.05, 3.63) is 165 Å². The molecule has 1 unspecified atom stereocenters. The van der Waals surface area contributed by atoms with E-state index in [-0.39, 0.29) is 17.2 Å². The Balaban J connectivity index is 0.000000172. The number of hydrogen-bond acceptors (Lipinski definition) is 8. The molecule has 4 aromatic heterocycles. The summed E-state index contributed by atoms with van der Waals surface area (Å²) >= 11 is 12.6. The Kier molecular flexibility index (Phi) is 10.7. The van der Waals surface area contributed by atoms with Crippen LogP contribution in [0.2, 0.25) is 10.0 Å². The molecule has 10 nitrogen and oxygen atoms in total. The first-order valence-corrected chi connectivity index (χ1v) is 17.5. The summed E-state index contributed by atoms with van der Waals surface area (Å²) in [5, 5.41) is 16.9. The van der Waals surface area contributed by atoms with Crippen molar-refractivity contribution in [2.75, 3.05) is 10.6 Å². The number of aliphatic hydroxyl groups excluding tert-OH is 1. The number of H-pyrrole nitrogens is 2. The summed E-state index contributed by atoms with van der Waals surface area (Å²) in [4.78, 5) is 35.9. The van der Waals surface area contributed by atoms with Crippen molar-refractivity contribution >= 4 is 74.1 Å². The number of carbonyl (C=O) groups excluding carboxylic acids is 1. The highest BCUT2D eigenvalue weighted by atomic mass is 35.5. The van der Waals surface area contributed by atoms with Crippen molar-refractivity contribution < 1.29 is 27.5 Å². The van der Waals surface area contributed by atoms with Gasteiger partial charge in [-0.1, -0.05) is 29.3 Å². The van der Waals surface area contributed by atoms with E-state index in [1.54, 1.807) is 42.5 Å². The summed E-state index contributed by atoms with van der Waals surface area (Å²) < 4.78 is 53.5. The predicted octanol–water partition coefficient (Wildman–Crippen LogP) is 10.2. The van der Waals surface area contributed by atoms with Crippen LogP contribution in [0.3, 0.4) is 0 Å². The highest BCUT2D eigenvalue weighted by molar-refractivity contribution is 6.35. The minimum atomic E-state index is -0.996.